The van der Waals surface area contributed by atoms with Crippen LogP contribution in [-0.4, -0.2) is 18.0 Å². The van der Waals surface area contributed by atoms with Crippen LogP contribution in [0, 0.1) is 0 Å². The molecule has 118 valence electrons. The van der Waals surface area contributed by atoms with Gasteiger partial charge in [0.2, 0.25) is 5.78 Å². The molecule has 1 N–H and O–H groups in total. The van der Waals surface area contributed by atoms with Gasteiger partial charge >= 0.3 is 0 Å². The van der Waals surface area contributed by atoms with E-state index < -0.39 is 0 Å². The van der Waals surface area contributed by atoms with Crippen molar-refractivity contribution >= 4 is 33.9 Å². The van der Waals surface area contributed by atoms with E-state index in [9.17, 15) is 4.79 Å². The summed E-state index contributed by atoms with van der Waals surface area (Å²) in [4.78, 5) is 12.9. The highest BCUT2D eigenvalue weighted by atomic mass is 35.5. The number of ketones is 1. The summed E-state index contributed by atoms with van der Waals surface area (Å²) in [6.45, 7) is 0.621. The molecule has 0 bridgehead atoms. The van der Waals surface area contributed by atoms with Crippen LogP contribution in [0.5, 0.6) is 0 Å². The number of carbonyl (C=O) groups is 1. The maximum absolute atomic E-state index is 12.9. The van der Waals surface area contributed by atoms with Crippen LogP contribution in [0.2, 0.25) is 5.02 Å². The molecule has 4 rings (SSSR count). The van der Waals surface area contributed by atoms with Gasteiger partial charge < -0.3 is 5.43 Å². The number of Topliss-reactive ketones (excluding diaryl/α,β-unsaturated/α-hetero) is 1. The van der Waals surface area contributed by atoms with E-state index in [2.05, 4.69) is 10.5 Å². The summed E-state index contributed by atoms with van der Waals surface area (Å²) in [6, 6.07) is 21.4. The second-order valence-electron chi connectivity index (χ2n) is 5.85. The Morgan fingerprint density at radius 2 is 1.75 bits per heavy atom. The van der Waals surface area contributed by atoms with Crippen LogP contribution in [-0.2, 0) is 0 Å². The summed E-state index contributed by atoms with van der Waals surface area (Å²) < 4.78 is 0. The number of fused-ring (bicyclic) bond motifs is 1. The third kappa shape index (κ3) is 2.68. The van der Waals surface area contributed by atoms with E-state index in [0.29, 0.717) is 22.8 Å². The molecule has 0 aliphatic carbocycles. The first-order valence-electron chi connectivity index (χ1n) is 7.82. The van der Waals surface area contributed by atoms with Crippen molar-refractivity contribution in [2.24, 2.45) is 5.10 Å². The van der Waals surface area contributed by atoms with Gasteiger partial charge in [0.15, 0.2) is 0 Å². The van der Waals surface area contributed by atoms with Gasteiger partial charge in [-0.25, -0.2) is 0 Å². The number of hydrogen-bond acceptors (Lipinski definition) is 3. The van der Waals surface area contributed by atoms with E-state index in [1.807, 2.05) is 66.7 Å². The summed E-state index contributed by atoms with van der Waals surface area (Å²) in [6.07, 6.45) is 0. The van der Waals surface area contributed by atoms with Gasteiger partial charge in [-0.3, -0.25) is 4.79 Å². The zero-order chi connectivity index (χ0) is 16.5. The molecule has 0 amide bonds. The average molecular weight is 335 g/mol. The number of carbonyl (C=O) groups excluding carboxylic acids is 1. The van der Waals surface area contributed by atoms with Crippen LogP contribution in [0.15, 0.2) is 71.8 Å². The van der Waals surface area contributed by atoms with E-state index in [4.69, 9.17) is 11.6 Å². The summed E-state index contributed by atoms with van der Waals surface area (Å²) in [5.41, 5.74) is 5.21. The molecular formula is C20H15ClN2O. The van der Waals surface area contributed by atoms with Crippen LogP contribution in [0.4, 0.5) is 0 Å². The molecule has 1 atom stereocenters. The topological polar surface area (TPSA) is 41.5 Å². The lowest BCUT2D eigenvalue weighted by Crippen LogP contribution is -2.21. The molecular weight excluding hydrogens is 320 g/mol. The first-order chi connectivity index (χ1) is 11.7. The van der Waals surface area contributed by atoms with Crippen molar-refractivity contribution in [3.8, 4) is 0 Å². The van der Waals surface area contributed by atoms with E-state index in [1.165, 1.54) is 0 Å². The number of hydrogen-bond donors (Lipinski definition) is 1. The van der Waals surface area contributed by atoms with Crippen LogP contribution < -0.4 is 5.43 Å². The van der Waals surface area contributed by atoms with Crippen LogP contribution in [0.1, 0.15) is 21.8 Å². The van der Waals surface area contributed by atoms with E-state index in [-0.39, 0.29) is 11.7 Å². The Kier molecular flexibility index (Phi) is 3.79. The quantitative estimate of drug-likeness (QED) is 0.720. The van der Waals surface area contributed by atoms with Gasteiger partial charge in [-0.2, -0.15) is 5.10 Å². The van der Waals surface area contributed by atoms with Crippen molar-refractivity contribution in [3.05, 3.63) is 82.9 Å². The molecule has 3 nitrogen and oxygen atoms in total. The fraction of sp³-hybridized carbons (Fsp3) is 0.100. The van der Waals surface area contributed by atoms with Crippen molar-refractivity contribution < 1.29 is 4.79 Å². The molecule has 0 unspecified atom stereocenters. The van der Waals surface area contributed by atoms with Gasteiger partial charge in [-0.1, -0.05) is 60.1 Å². The third-order valence-electron chi connectivity index (χ3n) is 4.34. The van der Waals surface area contributed by atoms with Crippen molar-refractivity contribution in [1.29, 1.82) is 0 Å². The minimum atomic E-state index is -0.0544. The molecule has 0 saturated carbocycles. The molecule has 0 aromatic heterocycles. The monoisotopic (exact) mass is 334 g/mol. The number of halogens is 1. The highest BCUT2D eigenvalue weighted by Crippen LogP contribution is 2.25. The van der Waals surface area contributed by atoms with Gasteiger partial charge in [-0.15, -0.1) is 0 Å². The minimum Gasteiger partial charge on any atom is -0.309 e. The fourth-order valence-electron chi connectivity index (χ4n) is 3.05. The second kappa shape index (κ2) is 6.10. The maximum Gasteiger partial charge on any atom is 0.209 e. The van der Waals surface area contributed by atoms with Gasteiger partial charge in [0.1, 0.15) is 5.71 Å². The lowest BCUT2D eigenvalue weighted by molar-refractivity contribution is 0.106. The van der Waals surface area contributed by atoms with Crippen LogP contribution in [0.3, 0.4) is 0 Å². The van der Waals surface area contributed by atoms with Crippen LogP contribution in [0.25, 0.3) is 10.8 Å². The maximum atomic E-state index is 12.9. The van der Waals surface area contributed by atoms with Crippen molar-refractivity contribution in [2.45, 2.75) is 5.92 Å². The number of nitrogens with one attached hydrogen (secondary N) is 1. The molecule has 1 aliphatic heterocycles. The zero-order valence-electron chi connectivity index (χ0n) is 12.9. The summed E-state index contributed by atoms with van der Waals surface area (Å²) in [7, 11) is 0. The summed E-state index contributed by atoms with van der Waals surface area (Å²) in [5.74, 6) is -0.0908. The SMILES string of the molecule is O=C(C1=NNC[C@H]1c1ccc(Cl)cc1)c1ccc2ccccc2c1. The molecule has 24 heavy (non-hydrogen) atoms. The van der Waals surface area contributed by atoms with Crippen molar-refractivity contribution in [3.63, 3.8) is 0 Å². The molecule has 0 saturated heterocycles. The molecule has 1 heterocycles. The Hall–Kier alpha value is -2.65. The van der Waals surface area contributed by atoms with Crippen LogP contribution >= 0.6 is 11.6 Å². The van der Waals surface area contributed by atoms with Gasteiger partial charge in [0.05, 0.1) is 5.92 Å². The molecule has 1 aliphatic rings. The number of rotatable bonds is 3. The number of nitrogens with zero attached hydrogens (tertiary/aromatic N) is 1. The molecule has 3 aromatic rings. The molecule has 3 aromatic carbocycles. The Morgan fingerprint density at radius 1 is 1.00 bits per heavy atom. The van der Waals surface area contributed by atoms with E-state index in [0.717, 1.165) is 16.3 Å². The molecule has 0 spiro atoms. The lowest BCUT2D eigenvalue weighted by Gasteiger charge is -2.12. The second-order valence-corrected chi connectivity index (χ2v) is 6.29. The van der Waals surface area contributed by atoms with Crippen molar-refractivity contribution in [1.82, 2.24) is 5.43 Å². The Balaban J connectivity index is 1.68. The normalized spacial score (nSPS) is 16.7. The number of benzene rings is 3. The molecule has 0 radical (unpaired) electrons. The van der Waals surface area contributed by atoms with Crippen molar-refractivity contribution in [2.75, 3.05) is 6.54 Å². The minimum absolute atomic E-state index is 0.0364. The highest BCUT2D eigenvalue weighted by molar-refractivity contribution is 6.48. The predicted octanol–water partition coefficient (Wildman–Crippen LogP) is 4.42. The largest absolute Gasteiger partial charge is 0.309 e. The third-order valence-corrected chi connectivity index (χ3v) is 4.59. The van der Waals surface area contributed by atoms with E-state index in [1.54, 1.807) is 0 Å². The van der Waals surface area contributed by atoms with Gasteiger partial charge in [0.25, 0.3) is 0 Å². The first kappa shape index (κ1) is 14.9. The fourth-order valence-corrected chi connectivity index (χ4v) is 3.18. The highest BCUT2D eigenvalue weighted by Gasteiger charge is 2.29. The van der Waals surface area contributed by atoms with Gasteiger partial charge in [-0.05, 0) is 34.5 Å². The zero-order valence-corrected chi connectivity index (χ0v) is 13.6. The Morgan fingerprint density at radius 3 is 2.54 bits per heavy atom. The molecule has 0 fully saturated rings. The first-order valence-corrected chi connectivity index (χ1v) is 8.19. The molecule has 4 heteroatoms. The number of hydrazone groups is 1. The van der Waals surface area contributed by atoms with E-state index >= 15 is 0 Å². The summed E-state index contributed by atoms with van der Waals surface area (Å²) >= 11 is 5.96. The summed E-state index contributed by atoms with van der Waals surface area (Å²) in [5, 5.41) is 7.11. The Labute approximate surface area is 145 Å². The lowest BCUT2D eigenvalue weighted by atomic mass is 9.90. The smallest absolute Gasteiger partial charge is 0.209 e. The van der Waals surface area contributed by atoms with Gasteiger partial charge in [0, 0.05) is 17.1 Å². The standard InChI is InChI=1S/C20H15ClN2O/c21-17-9-7-14(8-10-17)18-12-22-23-19(18)20(24)16-6-5-13-3-1-2-4-15(13)11-16/h1-11,18,22H,12H2/t18-/m0/s1. The average Bonchev–Trinajstić information content (AvgIpc) is 3.11. The predicted molar refractivity (Wildman–Crippen MR) is 97.9 cm³/mol. The Bertz CT molecular complexity index is 947.